The van der Waals surface area contributed by atoms with Gasteiger partial charge in [0.05, 0.1) is 27.2 Å². The van der Waals surface area contributed by atoms with E-state index in [1.165, 1.54) is 23.5 Å². The molecule has 0 bridgehead atoms. The van der Waals surface area contributed by atoms with Crippen LogP contribution >= 0.6 is 11.3 Å². The van der Waals surface area contributed by atoms with Crippen LogP contribution in [0.4, 0.5) is 35.0 Å². The molecular formula is C27H29F3N6O3S. The fourth-order valence-corrected chi connectivity index (χ4v) is 5.16. The van der Waals surface area contributed by atoms with Gasteiger partial charge in [0.25, 0.3) is 0 Å². The summed E-state index contributed by atoms with van der Waals surface area (Å²) in [5.74, 6) is 0.639. The number of urea groups is 1. The molecule has 4 aromatic rings. The summed E-state index contributed by atoms with van der Waals surface area (Å²) >= 11 is 1.17. The molecule has 9 nitrogen and oxygen atoms in total. The SMILES string of the molecule is CC[C@@H](CO)CCc1nc(-c2cccc(NC(=O)Nc3ccc(C(F)(F)F)cc3)c2)c2c(N)c(C(N)O)sc2n1. The number of fused-ring (bicyclic) bond motifs is 1. The lowest BCUT2D eigenvalue weighted by Crippen LogP contribution is -2.19. The number of nitrogens with zero attached hydrogens (tertiary/aromatic N) is 2. The van der Waals surface area contributed by atoms with Crippen LogP contribution in [0.5, 0.6) is 0 Å². The van der Waals surface area contributed by atoms with Crippen molar-refractivity contribution in [2.75, 3.05) is 23.0 Å². The van der Waals surface area contributed by atoms with Crippen molar-refractivity contribution in [1.29, 1.82) is 0 Å². The fraction of sp³-hybridized carbons (Fsp3) is 0.296. The van der Waals surface area contributed by atoms with E-state index in [0.717, 1.165) is 18.6 Å². The van der Waals surface area contributed by atoms with Crippen molar-refractivity contribution in [2.24, 2.45) is 11.7 Å². The molecule has 8 N–H and O–H groups in total. The number of amides is 2. The Balaban J connectivity index is 1.63. The van der Waals surface area contributed by atoms with Gasteiger partial charge in [0, 0.05) is 30.0 Å². The number of hydrogen-bond acceptors (Lipinski definition) is 8. The number of anilines is 3. The van der Waals surface area contributed by atoms with Crippen molar-refractivity contribution < 1.29 is 28.2 Å². The number of nitrogen functional groups attached to an aromatic ring is 1. The van der Waals surface area contributed by atoms with Crippen molar-refractivity contribution in [2.45, 2.75) is 38.6 Å². The van der Waals surface area contributed by atoms with Crippen LogP contribution < -0.4 is 22.1 Å². The van der Waals surface area contributed by atoms with E-state index in [1.807, 2.05) is 6.92 Å². The molecule has 4 rings (SSSR count). The standard InChI is InChI=1S/C27H29F3N6O3S/c1-2-14(13-37)6-11-19-35-22(20-21(31)23(24(32)38)40-25(20)36-19)15-4-3-5-18(12-15)34-26(39)33-17-9-7-16(8-10-17)27(28,29)30/h3-5,7-10,12,14,24,37-38H,2,6,11,13,31-32H2,1H3,(H2,33,34,39)/t14-,24?/m1/s1. The van der Waals surface area contributed by atoms with E-state index in [0.29, 0.717) is 50.7 Å². The van der Waals surface area contributed by atoms with Gasteiger partial charge in [0.15, 0.2) is 0 Å². The third-order valence-electron chi connectivity index (χ3n) is 6.41. The van der Waals surface area contributed by atoms with Gasteiger partial charge in [-0.05, 0) is 48.7 Å². The molecule has 0 aliphatic heterocycles. The third-order valence-corrected chi connectivity index (χ3v) is 7.58. The van der Waals surface area contributed by atoms with Crippen LogP contribution in [-0.2, 0) is 12.6 Å². The lowest BCUT2D eigenvalue weighted by Gasteiger charge is -2.13. The number of halogens is 3. The van der Waals surface area contributed by atoms with Crippen molar-refractivity contribution in [3.8, 4) is 11.3 Å². The van der Waals surface area contributed by atoms with Crippen LogP contribution in [0.3, 0.4) is 0 Å². The minimum atomic E-state index is -4.47. The molecule has 2 atom stereocenters. The summed E-state index contributed by atoms with van der Waals surface area (Å²) in [7, 11) is 0. The quantitative estimate of drug-likeness (QED) is 0.144. The van der Waals surface area contributed by atoms with Crippen LogP contribution in [0.2, 0.25) is 0 Å². The number of aliphatic hydroxyl groups is 2. The van der Waals surface area contributed by atoms with Gasteiger partial charge in [-0.25, -0.2) is 14.8 Å². The predicted octanol–water partition coefficient (Wildman–Crippen LogP) is 5.50. The highest BCUT2D eigenvalue weighted by molar-refractivity contribution is 7.19. The van der Waals surface area contributed by atoms with Crippen molar-refractivity contribution in [1.82, 2.24) is 9.97 Å². The first-order valence-electron chi connectivity index (χ1n) is 12.5. The monoisotopic (exact) mass is 574 g/mol. The zero-order valence-electron chi connectivity index (χ0n) is 21.5. The summed E-state index contributed by atoms with van der Waals surface area (Å²) in [5.41, 5.74) is 13.2. The molecule has 2 aromatic heterocycles. The van der Waals surface area contributed by atoms with Crippen LogP contribution in [-0.4, -0.2) is 32.8 Å². The fourth-order valence-electron chi connectivity index (χ4n) is 4.16. The van der Waals surface area contributed by atoms with Gasteiger partial charge in [0.2, 0.25) is 0 Å². The molecule has 0 saturated carbocycles. The maximum absolute atomic E-state index is 12.8. The lowest BCUT2D eigenvalue weighted by molar-refractivity contribution is -0.137. The van der Waals surface area contributed by atoms with Gasteiger partial charge < -0.3 is 32.3 Å². The molecule has 0 aliphatic carbocycles. The summed E-state index contributed by atoms with van der Waals surface area (Å²) < 4.78 is 38.4. The number of carbonyl (C=O) groups is 1. The van der Waals surface area contributed by atoms with Gasteiger partial charge in [-0.3, -0.25) is 0 Å². The molecule has 0 radical (unpaired) electrons. The minimum absolute atomic E-state index is 0.0588. The Kier molecular flexibility index (Phi) is 8.88. The molecule has 2 amide bonds. The zero-order valence-corrected chi connectivity index (χ0v) is 22.3. The maximum Gasteiger partial charge on any atom is 0.416 e. The number of hydrogen-bond donors (Lipinski definition) is 6. The minimum Gasteiger partial charge on any atom is -0.397 e. The summed E-state index contributed by atoms with van der Waals surface area (Å²) in [6.45, 7) is 2.06. The molecule has 0 fully saturated rings. The van der Waals surface area contributed by atoms with E-state index in [9.17, 15) is 28.2 Å². The van der Waals surface area contributed by atoms with Gasteiger partial charge >= 0.3 is 12.2 Å². The van der Waals surface area contributed by atoms with Gasteiger partial charge in [-0.1, -0.05) is 25.5 Å². The number of nitrogens with one attached hydrogen (secondary N) is 2. The Morgan fingerprint density at radius 3 is 2.42 bits per heavy atom. The molecule has 13 heteroatoms. The number of rotatable bonds is 9. The van der Waals surface area contributed by atoms with Crippen LogP contribution in [0.15, 0.2) is 48.5 Å². The maximum atomic E-state index is 12.8. The van der Waals surface area contributed by atoms with Gasteiger partial charge in [-0.15, -0.1) is 11.3 Å². The van der Waals surface area contributed by atoms with E-state index in [4.69, 9.17) is 16.5 Å². The smallest absolute Gasteiger partial charge is 0.397 e. The average molecular weight is 575 g/mol. The average Bonchev–Trinajstić information content (AvgIpc) is 3.25. The molecule has 40 heavy (non-hydrogen) atoms. The highest BCUT2D eigenvalue weighted by Gasteiger charge is 2.30. The number of aromatic nitrogens is 2. The summed E-state index contributed by atoms with van der Waals surface area (Å²) in [4.78, 5) is 22.9. The van der Waals surface area contributed by atoms with Crippen molar-refractivity contribution >= 4 is 44.6 Å². The predicted molar refractivity (Wildman–Crippen MR) is 150 cm³/mol. The largest absolute Gasteiger partial charge is 0.416 e. The van der Waals surface area contributed by atoms with E-state index < -0.39 is 24.0 Å². The zero-order chi connectivity index (χ0) is 29.0. The first-order chi connectivity index (χ1) is 19.0. The molecule has 1 unspecified atom stereocenters. The van der Waals surface area contributed by atoms with Crippen molar-refractivity contribution in [3.05, 3.63) is 64.8 Å². The number of benzene rings is 2. The second-order valence-electron chi connectivity index (χ2n) is 9.22. The Morgan fingerprint density at radius 2 is 1.80 bits per heavy atom. The van der Waals surface area contributed by atoms with Crippen molar-refractivity contribution in [3.63, 3.8) is 0 Å². The number of alkyl halides is 3. The highest BCUT2D eigenvalue weighted by Crippen LogP contribution is 2.40. The lowest BCUT2D eigenvalue weighted by atomic mass is 10.0. The summed E-state index contributed by atoms with van der Waals surface area (Å²) in [5, 5.41) is 25.3. The molecule has 0 saturated heterocycles. The Labute approximate surface area is 232 Å². The molecule has 0 aliphatic rings. The van der Waals surface area contributed by atoms with Gasteiger partial charge in [-0.2, -0.15) is 13.2 Å². The topological polar surface area (TPSA) is 159 Å². The van der Waals surface area contributed by atoms with E-state index in [-0.39, 0.29) is 23.9 Å². The second kappa shape index (κ2) is 12.2. The van der Waals surface area contributed by atoms with Crippen LogP contribution in [0.25, 0.3) is 21.5 Å². The van der Waals surface area contributed by atoms with Gasteiger partial charge in [0.1, 0.15) is 16.9 Å². The Morgan fingerprint density at radius 1 is 1.10 bits per heavy atom. The summed E-state index contributed by atoms with van der Waals surface area (Å²) in [6.07, 6.45) is -3.77. The first kappa shape index (κ1) is 29.2. The number of carbonyl (C=O) groups excluding carboxylic acids is 1. The Bertz CT molecular complexity index is 1490. The Hall–Kier alpha value is -3.78. The molecule has 2 heterocycles. The normalized spacial score (nSPS) is 13.3. The number of thiophene rings is 1. The highest BCUT2D eigenvalue weighted by atomic mass is 32.1. The molecule has 0 spiro atoms. The number of nitrogens with two attached hydrogens (primary N) is 2. The summed E-state index contributed by atoms with van der Waals surface area (Å²) in [6, 6.07) is 10.3. The third kappa shape index (κ3) is 6.67. The van der Waals surface area contributed by atoms with E-state index >= 15 is 0 Å². The molecule has 2 aromatic carbocycles. The number of aliphatic hydroxyl groups excluding tert-OH is 2. The first-order valence-corrected chi connectivity index (χ1v) is 13.3. The molecular weight excluding hydrogens is 545 g/mol. The van der Waals surface area contributed by atoms with Crippen LogP contribution in [0.1, 0.15) is 42.3 Å². The second-order valence-corrected chi connectivity index (χ2v) is 10.3. The number of aryl methyl sites for hydroxylation is 1. The van der Waals surface area contributed by atoms with E-state index in [1.54, 1.807) is 24.3 Å². The molecule has 212 valence electrons. The van der Waals surface area contributed by atoms with Crippen LogP contribution in [0, 0.1) is 5.92 Å². The van der Waals surface area contributed by atoms with E-state index in [2.05, 4.69) is 15.6 Å².